The average molecular weight is 551 g/mol. The van der Waals surface area contributed by atoms with Gasteiger partial charge in [-0.25, -0.2) is 14.8 Å². The van der Waals surface area contributed by atoms with Gasteiger partial charge in [-0.3, -0.25) is 5.10 Å². The van der Waals surface area contributed by atoms with Crippen molar-refractivity contribution >= 4 is 33.8 Å². The molecule has 7 rings (SSSR count). The Morgan fingerprint density at radius 3 is 2.63 bits per heavy atom. The highest BCUT2D eigenvalue weighted by atomic mass is 16.5. The van der Waals surface area contributed by atoms with Crippen LogP contribution in [0.5, 0.6) is 5.75 Å². The van der Waals surface area contributed by atoms with Crippen LogP contribution in [0.2, 0.25) is 0 Å². The standard InChI is InChI=1S/C31H34N8O2/c1-20(23-8-12-32-29-24(23)9-13-33-29)41-22-5-6-26-25(16-22)28(36-35-26)21-4-7-27(34-17-21)39-18-31(19-39)10-14-38(15-11-31)30(40)37(2)3/h4-9,12-13,16-17,20H,10-11,14-15,18-19H2,1-3H3,(H,32,33)(H,35,36). The lowest BCUT2D eigenvalue weighted by Gasteiger charge is -2.54. The number of pyridine rings is 2. The van der Waals surface area contributed by atoms with Crippen molar-refractivity contribution in [3.8, 4) is 17.0 Å². The number of carbonyl (C=O) groups excluding carboxylic acids is 1. The highest BCUT2D eigenvalue weighted by Crippen LogP contribution is 2.42. The van der Waals surface area contributed by atoms with Gasteiger partial charge >= 0.3 is 6.03 Å². The molecule has 2 amide bonds. The molecule has 10 heteroatoms. The second-order valence-corrected chi connectivity index (χ2v) is 11.6. The Morgan fingerprint density at radius 1 is 1.05 bits per heavy atom. The molecule has 1 spiro atoms. The molecule has 210 valence electrons. The molecular formula is C31H34N8O2. The summed E-state index contributed by atoms with van der Waals surface area (Å²) in [5, 5.41) is 9.81. The number of amides is 2. The van der Waals surface area contributed by atoms with Gasteiger partial charge in [-0.2, -0.15) is 5.10 Å². The van der Waals surface area contributed by atoms with Crippen molar-refractivity contribution in [3.63, 3.8) is 0 Å². The Balaban J connectivity index is 1.04. The van der Waals surface area contributed by atoms with Crippen molar-refractivity contribution in [2.45, 2.75) is 25.9 Å². The molecular weight excluding hydrogens is 516 g/mol. The van der Waals surface area contributed by atoms with Crippen molar-refractivity contribution in [2.75, 3.05) is 45.2 Å². The third-order valence-electron chi connectivity index (χ3n) is 8.65. The predicted molar refractivity (Wildman–Crippen MR) is 159 cm³/mol. The quantitative estimate of drug-likeness (QED) is 0.311. The van der Waals surface area contributed by atoms with Crippen LogP contribution in [0, 0.1) is 5.41 Å². The minimum absolute atomic E-state index is 0.110. The highest BCUT2D eigenvalue weighted by molar-refractivity contribution is 5.93. The molecule has 2 aliphatic heterocycles. The smallest absolute Gasteiger partial charge is 0.319 e. The van der Waals surface area contributed by atoms with Gasteiger partial charge < -0.3 is 24.4 Å². The monoisotopic (exact) mass is 550 g/mol. The first-order valence-electron chi connectivity index (χ1n) is 14.1. The van der Waals surface area contributed by atoms with E-state index in [1.165, 1.54) is 0 Å². The van der Waals surface area contributed by atoms with E-state index in [-0.39, 0.29) is 12.1 Å². The number of nitrogens with one attached hydrogen (secondary N) is 2. The van der Waals surface area contributed by atoms with E-state index in [1.807, 2.05) is 61.7 Å². The number of carbonyl (C=O) groups is 1. The zero-order chi connectivity index (χ0) is 28.1. The average Bonchev–Trinajstić information content (AvgIpc) is 3.63. The molecule has 1 atom stereocenters. The lowest BCUT2D eigenvalue weighted by atomic mass is 9.72. The molecule has 1 aromatic carbocycles. The molecule has 10 nitrogen and oxygen atoms in total. The van der Waals surface area contributed by atoms with Gasteiger partial charge in [0.25, 0.3) is 0 Å². The van der Waals surface area contributed by atoms with E-state index in [9.17, 15) is 4.79 Å². The van der Waals surface area contributed by atoms with E-state index in [1.54, 1.807) is 11.1 Å². The second kappa shape index (κ2) is 9.79. The molecule has 2 aliphatic rings. The summed E-state index contributed by atoms with van der Waals surface area (Å²) in [6.45, 7) is 5.68. The molecule has 4 aromatic heterocycles. The number of piperidine rings is 1. The second-order valence-electron chi connectivity index (χ2n) is 11.6. The predicted octanol–water partition coefficient (Wildman–Crippen LogP) is 5.23. The van der Waals surface area contributed by atoms with Crippen molar-refractivity contribution in [2.24, 2.45) is 5.41 Å². The maximum Gasteiger partial charge on any atom is 0.319 e. The van der Waals surface area contributed by atoms with E-state index in [0.29, 0.717) is 5.41 Å². The summed E-state index contributed by atoms with van der Waals surface area (Å²) in [5.74, 6) is 1.76. The van der Waals surface area contributed by atoms with Gasteiger partial charge in [-0.15, -0.1) is 0 Å². The number of fused-ring (bicyclic) bond motifs is 2. The molecule has 5 aromatic rings. The van der Waals surface area contributed by atoms with E-state index < -0.39 is 0 Å². The van der Waals surface area contributed by atoms with Gasteiger partial charge in [-0.05, 0) is 62.2 Å². The Hall–Kier alpha value is -4.60. The summed E-state index contributed by atoms with van der Waals surface area (Å²) in [6, 6.07) is 14.3. The third kappa shape index (κ3) is 4.53. The number of ether oxygens (including phenoxy) is 1. The topological polar surface area (TPSA) is 106 Å². The van der Waals surface area contributed by atoms with Crippen molar-refractivity contribution in [1.29, 1.82) is 0 Å². The van der Waals surface area contributed by atoms with Crippen LogP contribution in [0.1, 0.15) is 31.4 Å². The molecule has 2 N–H and O–H groups in total. The van der Waals surface area contributed by atoms with Crippen LogP contribution in [0.25, 0.3) is 33.2 Å². The Labute approximate surface area is 238 Å². The van der Waals surface area contributed by atoms with Crippen LogP contribution < -0.4 is 9.64 Å². The van der Waals surface area contributed by atoms with Crippen LogP contribution in [-0.2, 0) is 0 Å². The lowest BCUT2D eigenvalue weighted by Crippen LogP contribution is -2.61. The Morgan fingerprint density at radius 2 is 1.88 bits per heavy atom. The van der Waals surface area contributed by atoms with Gasteiger partial charge in [0.1, 0.15) is 29.0 Å². The molecule has 1 unspecified atom stereocenters. The number of rotatable bonds is 5. The van der Waals surface area contributed by atoms with Gasteiger partial charge in [-0.1, -0.05) is 0 Å². The first kappa shape index (κ1) is 25.4. The maximum atomic E-state index is 12.3. The van der Waals surface area contributed by atoms with Gasteiger partial charge in [0, 0.05) is 86.2 Å². The molecule has 6 heterocycles. The molecule has 41 heavy (non-hydrogen) atoms. The fourth-order valence-electron chi connectivity index (χ4n) is 6.30. The molecule has 2 saturated heterocycles. The normalized spacial score (nSPS) is 17.1. The summed E-state index contributed by atoms with van der Waals surface area (Å²) in [4.78, 5) is 30.6. The number of urea groups is 1. The van der Waals surface area contributed by atoms with E-state index in [2.05, 4.69) is 44.1 Å². The summed E-state index contributed by atoms with van der Waals surface area (Å²) < 4.78 is 6.38. The molecule has 0 bridgehead atoms. The number of hydrogen-bond acceptors (Lipinski definition) is 6. The number of hydrogen-bond donors (Lipinski definition) is 2. The van der Waals surface area contributed by atoms with Gasteiger partial charge in [0.05, 0.1) is 5.52 Å². The number of aromatic nitrogens is 5. The van der Waals surface area contributed by atoms with E-state index in [4.69, 9.17) is 9.72 Å². The largest absolute Gasteiger partial charge is 0.486 e. The number of anilines is 1. The summed E-state index contributed by atoms with van der Waals surface area (Å²) in [5.41, 5.74) is 5.00. The van der Waals surface area contributed by atoms with Crippen LogP contribution in [-0.4, -0.2) is 81.3 Å². The van der Waals surface area contributed by atoms with Crippen molar-refractivity contribution < 1.29 is 9.53 Å². The third-order valence-corrected chi connectivity index (χ3v) is 8.65. The van der Waals surface area contributed by atoms with Crippen LogP contribution in [0.15, 0.2) is 61.1 Å². The summed E-state index contributed by atoms with van der Waals surface area (Å²) >= 11 is 0. The zero-order valence-corrected chi connectivity index (χ0v) is 23.6. The van der Waals surface area contributed by atoms with Crippen LogP contribution in [0.4, 0.5) is 10.6 Å². The molecule has 0 saturated carbocycles. The molecule has 0 radical (unpaired) electrons. The van der Waals surface area contributed by atoms with Crippen molar-refractivity contribution in [3.05, 3.63) is 66.6 Å². The number of likely N-dealkylation sites (tertiary alicyclic amines) is 1. The fourth-order valence-corrected chi connectivity index (χ4v) is 6.30. The number of H-pyrrole nitrogens is 2. The van der Waals surface area contributed by atoms with Gasteiger partial charge in [0.2, 0.25) is 0 Å². The Bertz CT molecular complexity index is 1710. The van der Waals surface area contributed by atoms with Crippen molar-refractivity contribution in [1.82, 2.24) is 34.9 Å². The maximum absolute atomic E-state index is 12.3. The van der Waals surface area contributed by atoms with E-state index >= 15 is 0 Å². The minimum Gasteiger partial charge on any atom is -0.486 e. The number of aromatic amines is 2. The Kier molecular flexibility index (Phi) is 6.06. The summed E-state index contributed by atoms with van der Waals surface area (Å²) in [6.07, 6.45) is 7.55. The minimum atomic E-state index is -0.148. The SMILES string of the molecule is CC(Oc1ccc2[nH]nc(-c3ccc(N4CC5(CCN(C(=O)N(C)C)CC5)C4)nc3)c2c1)c1ccnc2[nH]ccc12. The van der Waals surface area contributed by atoms with E-state index in [0.717, 1.165) is 89.3 Å². The van der Waals surface area contributed by atoms with Crippen LogP contribution in [0.3, 0.4) is 0 Å². The first-order chi connectivity index (χ1) is 19.9. The van der Waals surface area contributed by atoms with Gasteiger partial charge in [0.15, 0.2) is 0 Å². The number of nitrogens with zero attached hydrogens (tertiary/aromatic N) is 6. The zero-order valence-electron chi connectivity index (χ0n) is 23.6. The highest BCUT2D eigenvalue weighted by Gasteiger charge is 2.46. The lowest BCUT2D eigenvalue weighted by molar-refractivity contribution is 0.0811. The summed E-state index contributed by atoms with van der Waals surface area (Å²) in [7, 11) is 3.63. The number of benzene rings is 1. The molecule has 2 fully saturated rings. The van der Waals surface area contributed by atoms with Crippen LogP contribution >= 0.6 is 0 Å². The first-order valence-corrected chi connectivity index (χ1v) is 14.1. The molecule has 0 aliphatic carbocycles. The fraction of sp³-hybridized carbons (Fsp3) is 0.355.